The Balaban J connectivity index is 2.12. The van der Waals surface area contributed by atoms with Crippen molar-refractivity contribution >= 4 is 6.29 Å². The fourth-order valence-corrected chi connectivity index (χ4v) is 2.43. The molecular formula is C17H13FO2. The summed E-state index contributed by atoms with van der Waals surface area (Å²) in [5.41, 5.74) is 2.03. The van der Waals surface area contributed by atoms with E-state index < -0.39 is 0 Å². The molecule has 3 rings (SSSR count). The van der Waals surface area contributed by atoms with Crippen LogP contribution >= 0.6 is 0 Å². The van der Waals surface area contributed by atoms with Gasteiger partial charge in [-0.2, -0.15) is 0 Å². The van der Waals surface area contributed by atoms with E-state index in [-0.39, 0.29) is 11.7 Å². The largest absolute Gasteiger partial charge is 0.462 e. The van der Waals surface area contributed by atoms with Crippen LogP contribution in [-0.2, 0) is 4.79 Å². The number of hydrogen-bond donors (Lipinski definition) is 0. The zero-order chi connectivity index (χ0) is 14.1. The van der Waals surface area contributed by atoms with Crippen LogP contribution in [0.2, 0.25) is 0 Å². The van der Waals surface area contributed by atoms with E-state index in [1.165, 1.54) is 6.07 Å². The summed E-state index contributed by atoms with van der Waals surface area (Å²) in [6.07, 6.45) is 2.64. The maximum absolute atomic E-state index is 13.8. The zero-order valence-electron chi connectivity index (χ0n) is 11.0. The number of halogens is 1. The molecule has 0 aromatic heterocycles. The minimum atomic E-state index is -0.342. The first-order valence-corrected chi connectivity index (χ1v) is 6.39. The number of fused-ring (bicyclic) bond motifs is 1. The molecule has 0 amide bonds. The number of carbonyl (C=O) groups is 1. The molecule has 3 heteroatoms. The lowest BCUT2D eigenvalue weighted by Gasteiger charge is -2.21. The quantitative estimate of drug-likeness (QED) is 0.767. The topological polar surface area (TPSA) is 26.3 Å². The van der Waals surface area contributed by atoms with Crippen molar-refractivity contribution in [2.45, 2.75) is 12.8 Å². The molecule has 0 aliphatic carbocycles. The van der Waals surface area contributed by atoms with Crippen molar-refractivity contribution in [3.63, 3.8) is 0 Å². The van der Waals surface area contributed by atoms with Crippen molar-refractivity contribution < 1.29 is 13.9 Å². The van der Waals surface area contributed by atoms with Crippen LogP contribution < -0.4 is 4.74 Å². The molecule has 1 atom stereocenters. The average Bonchev–Trinajstić information content (AvgIpc) is 2.46. The Kier molecular flexibility index (Phi) is 3.11. The molecule has 1 unspecified atom stereocenters. The predicted octanol–water partition coefficient (Wildman–Crippen LogP) is 4.07. The number of aldehydes is 1. The van der Waals surface area contributed by atoms with Gasteiger partial charge in [-0.25, -0.2) is 4.39 Å². The predicted molar refractivity (Wildman–Crippen MR) is 75.0 cm³/mol. The van der Waals surface area contributed by atoms with Gasteiger partial charge < -0.3 is 9.53 Å². The van der Waals surface area contributed by atoms with Crippen LogP contribution in [0.15, 0.2) is 54.3 Å². The van der Waals surface area contributed by atoms with E-state index in [0.29, 0.717) is 17.1 Å². The van der Waals surface area contributed by atoms with Crippen LogP contribution in [0, 0.1) is 5.82 Å². The molecule has 1 aliphatic rings. The minimum absolute atomic E-state index is 0.279. The van der Waals surface area contributed by atoms with Crippen molar-refractivity contribution in [3.05, 3.63) is 65.7 Å². The van der Waals surface area contributed by atoms with Crippen molar-refractivity contribution in [1.29, 1.82) is 0 Å². The van der Waals surface area contributed by atoms with Gasteiger partial charge in [0.1, 0.15) is 17.9 Å². The lowest BCUT2D eigenvalue weighted by Crippen LogP contribution is -2.09. The summed E-state index contributed by atoms with van der Waals surface area (Å²) in [5, 5.41) is 0. The summed E-state index contributed by atoms with van der Waals surface area (Å²) in [4.78, 5) is 11.2. The molecule has 0 saturated heterocycles. The Hall–Kier alpha value is -2.42. The number of ether oxygens (including phenoxy) is 1. The first-order chi connectivity index (χ1) is 9.69. The molecule has 0 saturated carbocycles. The van der Waals surface area contributed by atoms with Gasteiger partial charge in [0.15, 0.2) is 0 Å². The molecule has 0 bridgehead atoms. The molecule has 2 nitrogen and oxygen atoms in total. The Morgan fingerprint density at radius 1 is 1.20 bits per heavy atom. The zero-order valence-corrected chi connectivity index (χ0v) is 11.0. The number of hydrogen-bond acceptors (Lipinski definition) is 2. The molecule has 1 heterocycles. The number of allylic oxidation sites excluding steroid dienone is 2. The van der Waals surface area contributed by atoms with E-state index in [0.717, 1.165) is 17.4 Å². The van der Waals surface area contributed by atoms with Gasteiger partial charge in [0, 0.05) is 11.1 Å². The Labute approximate surface area is 116 Å². The molecule has 20 heavy (non-hydrogen) atoms. The standard InChI is InChI=1S/C17H13FO2/c1-11-8-13(10-19)15-9-12(6-7-17(15)20-11)14-4-2-3-5-16(14)18/h2-10,13H,1H3. The fourth-order valence-electron chi connectivity index (χ4n) is 2.43. The normalized spacial score (nSPS) is 16.9. The van der Waals surface area contributed by atoms with E-state index in [4.69, 9.17) is 4.74 Å². The van der Waals surface area contributed by atoms with Gasteiger partial charge in [0.2, 0.25) is 0 Å². The highest BCUT2D eigenvalue weighted by atomic mass is 19.1. The number of rotatable bonds is 2. The molecule has 2 aromatic carbocycles. The molecule has 0 fully saturated rings. The number of benzene rings is 2. The van der Waals surface area contributed by atoms with Gasteiger partial charge in [0.25, 0.3) is 0 Å². The average molecular weight is 268 g/mol. The molecular weight excluding hydrogens is 255 g/mol. The molecule has 100 valence electrons. The second kappa shape index (κ2) is 4.93. The smallest absolute Gasteiger partial charge is 0.131 e. The maximum atomic E-state index is 13.8. The summed E-state index contributed by atoms with van der Waals surface area (Å²) in [6.45, 7) is 1.81. The van der Waals surface area contributed by atoms with Crippen LogP contribution in [-0.4, -0.2) is 6.29 Å². The Bertz CT molecular complexity index is 704. The van der Waals surface area contributed by atoms with Gasteiger partial charge in [-0.15, -0.1) is 0 Å². The first kappa shape index (κ1) is 12.6. The van der Waals surface area contributed by atoms with Crippen molar-refractivity contribution in [2.24, 2.45) is 0 Å². The maximum Gasteiger partial charge on any atom is 0.131 e. The molecule has 1 aliphatic heterocycles. The van der Waals surface area contributed by atoms with E-state index in [9.17, 15) is 9.18 Å². The third-order valence-corrected chi connectivity index (χ3v) is 3.39. The summed E-state index contributed by atoms with van der Waals surface area (Å²) >= 11 is 0. The third-order valence-electron chi connectivity index (χ3n) is 3.39. The lowest BCUT2D eigenvalue weighted by atomic mass is 9.93. The third kappa shape index (κ3) is 2.11. The van der Waals surface area contributed by atoms with E-state index in [1.54, 1.807) is 36.4 Å². The Morgan fingerprint density at radius 3 is 2.75 bits per heavy atom. The second-order valence-corrected chi connectivity index (χ2v) is 4.77. The van der Waals surface area contributed by atoms with Gasteiger partial charge in [0.05, 0.1) is 11.7 Å². The summed E-state index contributed by atoms with van der Waals surface area (Å²) in [6, 6.07) is 12.0. The van der Waals surface area contributed by atoms with Crippen molar-refractivity contribution in [3.8, 4) is 16.9 Å². The van der Waals surface area contributed by atoms with Crippen LogP contribution in [0.1, 0.15) is 18.4 Å². The van der Waals surface area contributed by atoms with E-state index in [1.807, 2.05) is 13.0 Å². The van der Waals surface area contributed by atoms with Crippen molar-refractivity contribution in [2.75, 3.05) is 0 Å². The van der Waals surface area contributed by atoms with E-state index in [2.05, 4.69) is 0 Å². The highest BCUT2D eigenvalue weighted by Crippen LogP contribution is 2.36. The summed E-state index contributed by atoms with van der Waals surface area (Å²) in [7, 11) is 0. The van der Waals surface area contributed by atoms with Gasteiger partial charge in [-0.3, -0.25) is 0 Å². The highest BCUT2D eigenvalue weighted by Gasteiger charge is 2.20. The summed E-state index contributed by atoms with van der Waals surface area (Å²) in [5.74, 6) is 0.736. The van der Waals surface area contributed by atoms with Crippen molar-refractivity contribution in [1.82, 2.24) is 0 Å². The van der Waals surface area contributed by atoms with Crippen LogP contribution in [0.5, 0.6) is 5.75 Å². The lowest BCUT2D eigenvalue weighted by molar-refractivity contribution is -0.108. The molecule has 0 spiro atoms. The molecule has 0 N–H and O–H groups in total. The SMILES string of the molecule is CC1=CC(C=O)c2cc(-c3ccccc3F)ccc2O1. The van der Waals surface area contributed by atoms with Crippen LogP contribution in [0.25, 0.3) is 11.1 Å². The second-order valence-electron chi connectivity index (χ2n) is 4.77. The van der Waals surface area contributed by atoms with Gasteiger partial charge >= 0.3 is 0 Å². The molecule has 0 radical (unpaired) electrons. The fraction of sp³-hybridized carbons (Fsp3) is 0.118. The highest BCUT2D eigenvalue weighted by molar-refractivity contribution is 5.73. The van der Waals surface area contributed by atoms with Crippen LogP contribution in [0.3, 0.4) is 0 Å². The van der Waals surface area contributed by atoms with E-state index >= 15 is 0 Å². The summed E-state index contributed by atoms with van der Waals surface area (Å²) < 4.78 is 19.4. The van der Waals surface area contributed by atoms with Crippen LogP contribution in [0.4, 0.5) is 4.39 Å². The Morgan fingerprint density at radius 2 is 2.00 bits per heavy atom. The minimum Gasteiger partial charge on any atom is -0.462 e. The molecule has 2 aromatic rings. The van der Waals surface area contributed by atoms with Gasteiger partial charge in [-0.1, -0.05) is 24.3 Å². The number of carbonyl (C=O) groups excluding carboxylic acids is 1. The van der Waals surface area contributed by atoms with Gasteiger partial charge in [-0.05, 0) is 36.8 Å². The monoisotopic (exact) mass is 268 g/mol. The first-order valence-electron chi connectivity index (χ1n) is 6.39.